The molecule has 0 radical (unpaired) electrons. The lowest BCUT2D eigenvalue weighted by molar-refractivity contribution is 0.207. The maximum atomic E-state index is 13.4. The fourth-order valence-corrected chi connectivity index (χ4v) is 4.64. The minimum atomic E-state index is -0.425. The van der Waals surface area contributed by atoms with E-state index in [1.165, 1.54) is 0 Å². The van der Waals surface area contributed by atoms with E-state index in [4.69, 9.17) is 11.6 Å². The number of aromatic hydroxyl groups is 1. The molecule has 0 amide bonds. The zero-order chi connectivity index (χ0) is 22.0. The number of nitrogens with zero attached hydrogens (tertiary/aromatic N) is 4. The summed E-state index contributed by atoms with van der Waals surface area (Å²) in [7, 11) is 0. The van der Waals surface area contributed by atoms with Crippen molar-refractivity contribution in [2.75, 3.05) is 31.1 Å². The molecule has 0 saturated carbocycles. The number of anilines is 1. The second kappa shape index (κ2) is 9.12. The number of benzene rings is 1. The molecule has 1 aliphatic rings. The first-order chi connectivity index (χ1) is 15.0. The molecule has 0 bridgehead atoms. The second-order valence-corrected chi connectivity index (χ2v) is 8.18. The Morgan fingerprint density at radius 1 is 1.10 bits per heavy atom. The maximum Gasteiger partial charge on any atom is 0.259 e. The van der Waals surface area contributed by atoms with E-state index in [1.807, 2.05) is 56.3 Å². The normalized spacial score (nSPS) is 15.8. The number of piperazine rings is 1. The van der Waals surface area contributed by atoms with Crippen molar-refractivity contribution >= 4 is 17.4 Å². The standard InChI is InChI=1S/C24H27ClN4O2/c1-3-29-17(2)16-20(30)22(24(29)31)23(18-8-4-5-9-19(18)25)28-14-12-27(13-15-28)21-10-6-7-11-26-21/h4-11,16,23,30H,3,12-15H2,1-2H3/t23-/m1/s1. The van der Waals surface area contributed by atoms with Gasteiger partial charge in [-0.2, -0.15) is 0 Å². The van der Waals surface area contributed by atoms with E-state index < -0.39 is 6.04 Å². The van der Waals surface area contributed by atoms with Gasteiger partial charge in [-0.15, -0.1) is 0 Å². The molecule has 0 aliphatic carbocycles. The largest absolute Gasteiger partial charge is 0.507 e. The monoisotopic (exact) mass is 438 g/mol. The number of hydrogen-bond acceptors (Lipinski definition) is 5. The molecule has 0 spiro atoms. The zero-order valence-corrected chi connectivity index (χ0v) is 18.6. The fraction of sp³-hybridized carbons (Fsp3) is 0.333. The van der Waals surface area contributed by atoms with Crippen LogP contribution in [0.15, 0.2) is 59.5 Å². The SMILES string of the molecule is CCn1c(C)cc(O)c([C@@H](c2ccccc2Cl)N2CCN(c3ccccn3)CC2)c1=O. The minimum Gasteiger partial charge on any atom is -0.507 e. The molecule has 3 aromatic rings. The molecule has 1 saturated heterocycles. The smallest absolute Gasteiger partial charge is 0.259 e. The predicted octanol–water partition coefficient (Wildman–Crippen LogP) is 3.84. The van der Waals surface area contributed by atoms with Gasteiger partial charge in [0.2, 0.25) is 0 Å². The third-order valence-electron chi connectivity index (χ3n) is 5.97. The average Bonchev–Trinajstić information content (AvgIpc) is 2.78. The Kier molecular flexibility index (Phi) is 6.30. The van der Waals surface area contributed by atoms with Gasteiger partial charge in [-0.1, -0.05) is 35.9 Å². The predicted molar refractivity (Wildman–Crippen MR) is 124 cm³/mol. The van der Waals surface area contributed by atoms with Gasteiger partial charge < -0.3 is 14.6 Å². The van der Waals surface area contributed by atoms with Crippen molar-refractivity contribution in [1.82, 2.24) is 14.5 Å². The number of hydrogen-bond donors (Lipinski definition) is 1. The lowest BCUT2D eigenvalue weighted by Gasteiger charge is -2.40. The molecular weight excluding hydrogens is 412 g/mol. The van der Waals surface area contributed by atoms with E-state index in [0.29, 0.717) is 30.2 Å². The Labute approximate surface area is 187 Å². The maximum absolute atomic E-state index is 13.4. The summed E-state index contributed by atoms with van der Waals surface area (Å²) in [5.41, 5.74) is 1.78. The van der Waals surface area contributed by atoms with Crippen LogP contribution in [0.2, 0.25) is 5.02 Å². The highest BCUT2D eigenvalue weighted by atomic mass is 35.5. The molecule has 1 fully saturated rings. The van der Waals surface area contributed by atoms with Gasteiger partial charge in [0.05, 0.1) is 11.6 Å². The van der Waals surface area contributed by atoms with Crippen LogP contribution in [0.25, 0.3) is 0 Å². The van der Waals surface area contributed by atoms with E-state index in [9.17, 15) is 9.90 Å². The number of aryl methyl sites for hydroxylation is 1. The van der Waals surface area contributed by atoms with Crippen LogP contribution in [0.4, 0.5) is 5.82 Å². The summed E-state index contributed by atoms with van der Waals surface area (Å²) >= 11 is 6.58. The van der Waals surface area contributed by atoms with Crippen molar-refractivity contribution in [3.05, 3.63) is 86.9 Å². The summed E-state index contributed by atoms with van der Waals surface area (Å²) in [5, 5.41) is 11.5. The van der Waals surface area contributed by atoms with Crippen LogP contribution in [-0.2, 0) is 6.54 Å². The van der Waals surface area contributed by atoms with Crippen LogP contribution in [-0.4, -0.2) is 45.7 Å². The number of aromatic nitrogens is 2. The summed E-state index contributed by atoms with van der Waals surface area (Å²) < 4.78 is 1.70. The van der Waals surface area contributed by atoms with Gasteiger partial charge in [0.25, 0.3) is 5.56 Å². The second-order valence-electron chi connectivity index (χ2n) is 7.77. The van der Waals surface area contributed by atoms with Crippen molar-refractivity contribution in [3.8, 4) is 5.75 Å². The van der Waals surface area contributed by atoms with Gasteiger partial charge in [-0.3, -0.25) is 9.69 Å². The van der Waals surface area contributed by atoms with Crippen molar-refractivity contribution in [1.29, 1.82) is 0 Å². The molecule has 4 rings (SSSR count). The summed E-state index contributed by atoms with van der Waals surface area (Å²) in [4.78, 5) is 22.3. The van der Waals surface area contributed by atoms with Crippen LogP contribution < -0.4 is 10.5 Å². The molecule has 1 N–H and O–H groups in total. The fourth-order valence-electron chi connectivity index (χ4n) is 4.40. The van der Waals surface area contributed by atoms with Gasteiger partial charge in [-0.25, -0.2) is 4.98 Å². The van der Waals surface area contributed by atoms with Crippen LogP contribution in [0.3, 0.4) is 0 Å². The summed E-state index contributed by atoms with van der Waals surface area (Å²) in [6.45, 7) is 7.28. The Balaban J connectivity index is 1.75. The number of halogens is 1. The van der Waals surface area contributed by atoms with Gasteiger partial charge >= 0.3 is 0 Å². The summed E-state index contributed by atoms with van der Waals surface area (Å²) in [6.07, 6.45) is 1.80. The number of pyridine rings is 2. The van der Waals surface area contributed by atoms with Gasteiger partial charge in [-0.05, 0) is 43.7 Å². The third-order valence-corrected chi connectivity index (χ3v) is 6.31. The Hall–Kier alpha value is -2.83. The molecule has 2 aromatic heterocycles. The first-order valence-electron chi connectivity index (χ1n) is 10.6. The first-order valence-corrected chi connectivity index (χ1v) is 11.0. The van der Waals surface area contributed by atoms with Crippen molar-refractivity contribution in [3.63, 3.8) is 0 Å². The van der Waals surface area contributed by atoms with Crippen LogP contribution in [0.1, 0.15) is 29.8 Å². The van der Waals surface area contributed by atoms with Gasteiger partial charge in [0.15, 0.2) is 0 Å². The molecule has 31 heavy (non-hydrogen) atoms. The molecule has 1 aromatic carbocycles. The van der Waals surface area contributed by atoms with E-state index in [2.05, 4.69) is 14.8 Å². The molecule has 1 aliphatic heterocycles. The van der Waals surface area contributed by atoms with Crippen LogP contribution in [0, 0.1) is 6.92 Å². The van der Waals surface area contributed by atoms with Crippen LogP contribution >= 0.6 is 11.6 Å². The van der Waals surface area contributed by atoms with Gasteiger partial charge in [0.1, 0.15) is 11.6 Å². The minimum absolute atomic E-state index is 0.0178. The topological polar surface area (TPSA) is 61.6 Å². The molecule has 3 heterocycles. The van der Waals surface area contributed by atoms with Gasteiger partial charge in [0, 0.05) is 49.6 Å². The lowest BCUT2D eigenvalue weighted by atomic mass is 9.96. The highest BCUT2D eigenvalue weighted by molar-refractivity contribution is 6.31. The molecule has 7 heteroatoms. The third kappa shape index (κ3) is 4.18. The Morgan fingerprint density at radius 3 is 2.45 bits per heavy atom. The van der Waals surface area contributed by atoms with E-state index in [0.717, 1.165) is 30.2 Å². The van der Waals surface area contributed by atoms with Crippen molar-refractivity contribution < 1.29 is 5.11 Å². The van der Waals surface area contributed by atoms with Crippen molar-refractivity contribution in [2.24, 2.45) is 0 Å². The molecule has 162 valence electrons. The van der Waals surface area contributed by atoms with Crippen molar-refractivity contribution in [2.45, 2.75) is 26.4 Å². The molecule has 6 nitrogen and oxygen atoms in total. The average molecular weight is 439 g/mol. The first kappa shape index (κ1) is 21.4. The van der Waals surface area contributed by atoms with E-state index >= 15 is 0 Å². The highest BCUT2D eigenvalue weighted by Crippen LogP contribution is 2.36. The number of rotatable bonds is 5. The highest BCUT2D eigenvalue weighted by Gasteiger charge is 2.32. The molecular formula is C24H27ClN4O2. The van der Waals surface area contributed by atoms with E-state index in [-0.39, 0.29) is 11.3 Å². The Morgan fingerprint density at radius 2 is 1.81 bits per heavy atom. The summed E-state index contributed by atoms with van der Waals surface area (Å²) in [6, 6.07) is 14.7. The molecule has 1 atom stereocenters. The Bertz CT molecular complexity index is 1110. The van der Waals surface area contributed by atoms with E-state index in [1.54, 1.807) is 16.8 Å². The van der Waals surface area contributed by atoms with Crippen LogP contribution in [0.5, 0.6) is 5.75 Å². The summed E-state index contributed by atoms with van der Waals surface area (Å²) in [5.74, 6) is 0.965. The molecule has 0 unspecified atom stereocenters. The zero-order valence-electron chi connectivity index (χ0n) is 17.8. The lowest BCUT2D eigenvalue weighted by Crippen LogP contribution is -2.49. The quantitative estimate of drug-likeness (QED) is 0.655.